The first kappa shape index (κ1) is 11.6. The van der Waals surface area contributed by atoms with E-state index in [4.69, 9.17) is 0 Å². The van der Waals surface area contributed by atoms with Gasteiger partial charge in [0.25, 0.3) is 0 Å². The molecule has 2 aliphatic heterocycles. The summed E-state index contributed by atoms with van der Waals surface area (Å²) in [5, 5.41) is 0. The van der Waals surface area contributed by atoms with E-state index in [-0.39, 0.29) is 47.0 Å². The molecule has 3 fully saturated rings. The maximum Gasteiger partial charge on any atom is 0.234 e. The van der Waals surface area contributed by atoms with Crippen molar-refractivity contribution >= 4 is 21.7 Å². The van der Waals surface area contributed by atoms with Crippen LogP contribution in [-0.4, -0.2) is 42.7 Å². The van der Waals surface area contributed by atoms with Crippen LogP contribution < -0.4 is 0 Å². The van der Waals surface area contributed by atoms with E-state index in [1.807, 2.05) is 12.2 Å². The molecule has 0 spiro atoms. The lowest BCUT2D eigenvalue weighted by molar-refractivity contribution is -0.142. The van der Waals surface area contributed by atoms with E-state index < -0.39 is 15.9 Å². The second-order valence-electron chi connectivity index (χ2n) is 6.10. The largest absolute Gasteiger partial charge is 0.278 e. The van der Waals surface area contributed by atoms with Gasteiger partial charge in [0.1, 0.15) is 0 Å². The van der Waals surface area contributed by atoms with E-state index in [2.05, 4.69) is 0 Å². The highest BCUT2D eigenvalue weighted by atomic mass is 32.2. The van der Waals surface area contributed by atoms with Gasteiger partial charge in [-0.2, -0.15) is 0 Å². The van der Waals surface area contributed by atoms with Gasteiger partial charge in [-0.1, -0.05) is 12.2 Å². The number of hydrogen-bond acceptors (Lipinski definition) is 4. The third kappa shape index (κ3) is 1.43. The fourth-order valence-corrected chi connectivity index (χ4v) is 5.96. The summed E-state index contributed by atoms with van der Waals surface area (Å²) in [6, 6.07) is -0.421. The summed E-state index contributed by atoms with van der Waals surface area (Å²) in [5.41, 5.74) is 0. The molecule has 0 N–H and O–H groups in total. The minimum Gasteiger partial charge on any atom is -0.278 e. The molecule has 2 bridgehead atoms. The summed E-state index contributed by atoms with van der Waals surface area (Å²) in [4.78, 5) is 26.2. The normalized spacial score (nSPS) is 46.3. The van der Waals surface area contributed by atoms with Crippen LogP contribution in [0.5, 0.6) is 0 Å². The van der Waals surface area contributed by atoms with E-state index in [1.54, 1.807) is 0 Å². The van der Waals surface area contributed by atoms with Crippen LogP contribution in [0.25, 0.3) is 0 Å². The number of amides is 2. The van der Waals surface area contributed by atoms with Gasteiger partial charge in [-0.05, 0) is 24.7 Å². The molecule has 4 rings (SSSR count). The molecular formula is C13H15NO4S. The molecule has 102 valence electrons. The number of carbonyl (C=O) groups is 2. The van der Waals surface area contributed by atoms with Crippen LogP contribution in [-0.2, 0) is 19.4 Å². The fourth-order valence-electron chi connectivity index (χ4n) is 4.26. The minimum atomic E-state index is -3.08. The summed E-state index contributed by atoms with van der Waals surface area (Å²) in [5.74, 6) is -0.273. The maximum absolute atomic E-state index is 12.5. The Morgan fingerprint density at radius 1 is 1.05 bits per heavy atom. The van der Waals surface area contributed by atoms with Crippen molar-refractivity contribution in [3.8, 4) is 0 Å². The van der Waals surface area contributed by atoms with Crippen molar-refractivity contribution in [2.75, 3.05) is 11.5 Å². The molecule has 19 heavy (non-hydrogen) atoms. The fraction of sp³-hybridized carbons (Fsp3) is 0.692. The molecule has 6 heteroatoms. The average Bonchev–Trinajstić information content (AvgIpc) is 3.04. The molecule has 1 saturated carbocycles. The zero-order chi connectivity index (χ0) is 13.4. The van der Waals surface area contributed by atoms with Gasteiger partial charge in [-0.15, -0.1) is 0 Å². The quantitative estimate of drug-likeness (QED) is 0.500. The Bertz CT molecular complexity index is 578. The predicted octanol–water partition coefficient (Wildman–Crippen LogP) is -0.0194. The molecule has 2 aliphatic carbocycles. The highest BCUT2D eigenvalue weighted by Gasteiger charge is 2.60. The Hall–Kier alpha value is -1.17. The molecule has 2 heterocycles. The van der Waals surface area contributed by atoms with Gasteiger partial charge in [0.2, 0.25) is 11.8 Å². The van der Waals surface area contributed by atoms with Gasteiger partial charge < -0.3 is 0 Å². The van der Waals surface area contributed by atoms with E-state index in [1.165, 1.54) is 4.90 Å². The van der Waals surface area contributed by atoms with Crippen molar-refractivity contribution in [3.63, 3.8) is 0 Å². The van der Waals surface area contributed by atoms with Crippen LogP contribution >= 0.6 is 0 Å². The molecule has 0 aromatic heterocycles. The summed E-state index contributed by atoms with van der Waals surface area (Å²) < 4.78 is 23.1. The Balaban J connectivity index is 1.66. The molecule has 0 aromatic rings. The molecule has 0 radical (unpaired) electrons. The highest BCUT2D eigenvalue weighted by Crippen LogP contribution is 2.53. The molecule has 2 amide bonds. The highest BCUT2D eigenvalue weighted by molar-refractivity contribution is 7.91. The Morgan fingerprint density at radius 3 is 2.11 bits per heavy atom. The Labute approximate surface area is 111 Å². The molecule has 5 atom stereocenters. The lowest BCUT2D eigenvalue weighted by atomic mass is 9.85. The number of fused-ring (bicyclic) bond motifs is 5. The Morgan fingerprint density at radius 2 is 1.63 bits per heavy atom. The monoisotopic (exact) mass is 281 g/mol. The minimum absolute atomic E-state index is 0.0489. The number of hydrogen-bond donors (Lipinski definition) is 0. The van der Waals surface area contributed by atoms with Crippen molar-refractivity contribution in [2.24, 2.45) is 23.7 Å². The van der Waals surface area contributed by atoms with Gasteiger partial charge in [0.05, 0.1) is 29.4 Å². The van der Waals surface area contributed by atoms with E-state index in [0.29, 0.717) is 6.42 Å². The van der Waals surface area contributed by atoms with Crippen LogP contribution in [0.2, 0.25) is 0 Å². The van der Waals surface area contributed by atoms with Crippen LogP contribution in [0.4, 0.5) is 0 Å². The van der Waals surface area contributed by atoms with Crippen molar-refractivity contribution in [1.29, 1.82) is 0 Å². The molecule has 0 unspecified atom stereocenters. The zero-order valence-electron chi connectivity index (χ0n) is 10.4. The van der Waals surface area contributed by atoms with Gasteiger partial charge in [-0.3, -0.25) is 14.5 Å². The number of likely N-dealkylation sites (tertiary alicyclic amines) is 1. The maximum atomic E-state index is 12.5. The first-order valence-electron chi connectivity index (χ1n) is 6.73. The van der Waals surface area contributed by atoms with Crippen molar-refractivity contribution in [2.45, 2.75) is 18.9 Å². The first-order chi connectivity index (χ1) is 8.98. The Kier molecular flexibility index (Phi) is 2.13. The standard InChI is InChI=1S/C13H15NO4S/c15-12-10-7-1-2-8(5-7)11(10)13(16)14(12)9-3-4-19(17,18)6-9/h1-2,7-11H,3-6H2/t7-,8-,9-,10-,11-/m0/s1. The van der Waals surface area contributed by atoms with Crippen LogP contribution in [0, 0.1) is 23.7 Å². The molecule has 0 aromatic carbocycles. The third-order valence-electron chi connectivity index (χ3n) is 5.08. The van der Waals surface area contributed by atoms with E-state index in [9.17, 15) is 18.0 Å². The van der Waals surface area contributed by atoms with Crippen LogP contribution in [0.3, 0.4) is 0 Å². The lowest BCUT2D eigenvalue weighted by Gasteiger charge is -2.22. The van der Waals surface area contributed by atoms with Crippen LogP contribution in [0.15, 0.2) is 12.2 Å². The molecular weight excluding hydrogens is 266 g/mol. The van der Waals surface area contributed by atoms with Gasteiger partial charge in [-0.25, -0.2) is 8.42 Å². The summed E-state index contributed by atoms with van der Waals surface area (Å²) in [6.07, 6.45) is 5.41. The van der Waals surface area contributed by atoms with E-state index in [0.717, 1.165) is 6.42 Å². The molecule has 2 saturated heterocycles. The van der Waals surface area contributed by atoms with Crippen molar-refractivity contribution < 1.29 is 18.0 Å². The van der Waals surface area contributed by atoms with E-state index >= 15 is 0 Å². The number of carbonyl (C=O) groups excluding carboxylic acids is 2. The molecule has 5 nitrogen and oxygen atoms in total. The number of rotatable bonds is 1. The number of nitrogens with zero attached hydrogens (tertiary/aromatic N) is 1. The summed E-state index contributed by atoms with van der Waals surface area (Å²) in [7, 11) is -3.08. The zero-order valence-corrected chi connectivity index (χ0v) is 11.2. The lowest BCUT2D eigenvalue weighted by Crippen LogP contribution is -2.42. The van der Waals surface area contributed by atoms with Gasteiger partial charge in [0.15, 0.2) is 9.84 Å². The number of imide groups is 1. The first-order valence-corrected chi connectivity index (χ1v) is 8.56. The summed E-state index contributed by atoms with van der Waals surface area (Å²) in [6.45, 7) is 0. The van der Waals surface area contributed by atoms with Crippen LogP contribution in [0.1, 0.15) is 12.8 Å². The molecule has 4 aliphatic rings. The van der Waals surface area contributed by atoms with Crippen molar-refractivity contribution in [3.05, 3.63) is 12.2 Å². The van der Waals surface area contributed by atoms with Crippen molar-refractivity contribution in [1.82, 2.24) is 4.90 Å². The number of sulfone groups is 1. The number of allylic oxidation sites excluding steroid dienone is 2. The topological polar surface area (TPSA) is 71.5 Å². The van der Waals surface area contributed by atoms with Gasteiger partial charge >= 0.3 is 0 Å². The smallest absolute Gasteiger partial charge is 0.234 e. The average molecular weight is 281 g/mol. The SMILES string of the molecule is O=C1[C@@H]2[C@@H](C(=O)N1[C@H]1CCS(=O)(=O)C1)[C@H]1C=C[C@H]2C1. The second-order valence-corrected chi connectivity index (χ2v) is 8.33. The summed E-state index contributed by atoms with van der Waals surface area (Å²) >= 11 is 0. The van der Waals surface area contributed by atoms with Gasteiger partial charge in [0, 0.05) is 0 Å². The third-order valence-corrected chi connectivity index (χ3v) is 6.83. The second kappa shape index (κ2) is 3.48. The predicted molar refractivity (Wildman–Crippen MR) is 66.6 cm³/mol.